The molecule has 0 amide bonds. The van der Waals surface area contributed by atoms with Crippen LogP contribution in [0, 0.1) is 17.2 Å². The molecule has 0 bridgehead atoms. The van der Waals surface area contributed by atoms with E-state index in [9.17, 15) is 5.26 Å². The maximum Gasteiger partial charge on any atom is 0.227 e. The average Bonchev–Trinajstić information content (AvgIpc) is 3.66. The van der Waals surface area contributed by atoms with Gasteiger partial charge in [0, 0.05) is 66.5 Å². The number of hydrogen-bond acceptors (Lipinski definition) is 7. The van der Waals surface area contributed by atoms with Crippen molar-refractivity contribution < 1.29 is 0 Å². The van der Waals surface area contributed by atoms with E-state index in [4.69, 9.17) is 10.1 Å². The summed E-state index contributed by atoms with van der Waals surface area (Å²) in [7, 11) is 2.17. The summed E-state index contributed by atoms with van der Waals surface area (Å²) in [5, 5.41) is 18.5. The molecule has 3 heterocycles. The molecule has 1 saturated heterocycles. The summed E-state index contributed by atoms with van der Waals surface area (Å²) >= 11 is 0. The van der Waals surface area contributed by atoms with Gasteiger partial charge >= 0.3 is 0 Å². The van der Waals surface area contributed by atoms with Crippen molar-refractivity contribution in [3.05, 3.63) is 61.1 Å². The van der Waals surface area contributed by atoms with Crippen LogP contribution in [0.3, 0.4) is 0 Å². The zero-order chi connectivity index (χ0) is 25.9. The van der Waals surface area contributed by atoms with E-state index in [0.717, 1.165) is 53.9 Å². The molecule has 0 radical (unpaired) electrons. The zero-order valence-electron chi connectivity index (χ0n) is 21.9. The third kappa shape index (κ3) is 5.07. The van der Waals surface area contributed by atoms with Crippen LogP contribution in [0.2, 0.25) is 0 Å². The Morgan fingerprint density at radius 2 is 1.82 bits per heavy atom. The third-order valence-corrected chi connectivity index (χ3v) is 8.10. The van der Waals surface area contributed by atoms with E-state index in [0.29, 0.717) is 18.3 Å². The highest BCUT2D eigenvalue weighted by molar-refractivity contribution is 5.93. The zero-order valence-corrected chi connectivity index (χ0v) is 21.9. The molecule has 2 fully saturated rings. The Kier molecular flexibility index (Phi) is 6.93. The van der Waals surface area contributed by atoms with E-state index in [1.807, 2.05) is 29.2 Å². The van der Waals surface area contributed by atoms with E-state index in [1.54, 1.807) is 0 Å². The minimum atomic E-state index is 0.131. The van der Waals surface area contributed by atoms with Crippen molar-refractivity contribution in [3.8, 4) is 17.2 Å². The molecule has 8 nitrogen and oxygen atoms in total. The lowest BCUT2D eigenvalue weighted by Gasteiger charge is -2.34. The fourth-order valence-corrected chi connectivity index (χ4v) is 5.87. The molecule has 8 heteroatoms. The number of anilines is 3. The number of para-hydroxylation sites is 1. The number of fused-ring (bicyclic) bond motifs is 1. The van der Waals surface area contributed by atoms with Crippen LogP contribution in [0.25, 0.3) is 22.0 Å². The van der Waals surface area contributed by atoms with Crippen molar-refractivity contribution in [2.45, 2.75) is 38.1 Å². The van der Waals surface area contributed by atoms with Crippen LogP contribution in [0.4, 0.5) is 17.3 Å². The number of benzene rings is 2. The van der Waals surface area contributed by atoms with Crippen LogP contribution in [0.5, 0.6) is 0 Å². The Labute approximate surface area is 223 Å². The highest BCUT2D eigenvalue weighted by Crippen LogP contribution is 2.37. The molecule has 4 aromatic rings. The molecule has 2 aromatic carbocycles. The molecule has 194 valence electrons. The number of piperazine rings is 1. The van der Waals surface area contributed by atoms with Crippen LogP contribution in [0.1, 0.15) is 38.1 Å². The number of nitrogens with zero attached hydrogens (tertiary/aromatic N) is 7. The van der Waals surface area contributed by atoms with Crippen LogP contribution in [-0.2, 0) is 0 Å². The maximum absolute atomic E-state index is 9.45. The van der Waals surface area contributed by atoms with Crippen LogP contribution >= 0.6 is 0 Å². The van der Waals surface area contributed by atoms with Gasteiger partial charge in [-0.15, -0.1) is 0 Å². The number of aromatic nitrogens is 4. The summed E-state index contributed by atoms with van der Waals surface area (Å²) in [6, 6.07) is 17.2. The number of nitriles is 1. The quantitative estimate of drug-likeness (QED) is 0.347. The third-order valence-electron chi connectivity index (χ3n) is 8.10. The van der Waals surface area contributed by atoms with Crippen LogP contribution in [0.15, 0.2) is 61.1 Å². The van der Waals surface area contributed by atoms with E-state index in [2.05, 4.69) is 69.7 Å². The van der Waals surface area contributed by atoms with Crippen molar-refractivity contribution in [3.63, 3.8) is 0 Å². The van der Waals surface area contributed by atoms with Crippen molar-refractivity contribution >= 4 is 28.2 Å². The minimum absolute atomic E-state index is 0.131. The largest absolute Gasteiger partial charge is 0.369 e. The van der Waals surface area contributed by atoms with Gasteiger partial charge in [0.15, 0.2) is 0 Å². The van der Waals surface area contributed by atoms with Gasteiger partial charge in [0.25, 0.3) is 0 Å². The van der Waals surface area contributed by atoms with Gasteiger partial charge in [0.05, 0.1) is 30.2 Å². The normalized spacial score (nSPS) is 17.5. The van der Waals surface area contributed by atoms with Gasteiger partial charge in [0.1, 0.15) is 0 Å². The first-order valence-electron chi connectivity index (χ1n) is 13.7. The van der Waals surface area contributed by atoms with E-state index in [-0.39, 0.29) is 6.04 Å². The highest BCUT2D eigenvalue weighted by atomic mass is 15.3. The van der Waals surface area contributed by atoms with Gasteiger partial charge in [-0.25, -0.2) is 9.97 Å². The van der Waals surface area contributed by atoms with Gasteiger partial charge in [-0.3, -0.25) is 4.68 Å². The molecule has 0 spiro atoms. The lowest BCUT2D eigenvalue weighted by atomic mass is 9.96. The van der Waals surface area contributed by atoms with Gasteiger partial charge in [-0.1, -0.05) is 31.0 Å². The molecule has 1 N–H and O–H groups in total. The molecule has 1 unspecified atom stereocenters. The Morgan fingerprint density at radius 3 is 2.58 bits per heavy atom. The predicted octanol–water partition coefficient (Wildman–Crippen LogP) is 5.63. The monoisotopic (exact) mass is 506 g/mol. The highest BCUT2D eigenvalue weighted by Gasteiger charge is 2.27. The fourth-order valence-electron chi connectivity index (χ4n) is 5.87. The average molecular weight is 507 g/mol. The van der Waals surface area contributed by atoms with Gasteiger partial charge in [-0.2, -0.15) is 10.4 Å². The fraction of sp³-hybridized carbons (Fsp3) is 0.400. The Morgan fingerprint density at radius 1 is 1.03 bits per heavy atom. The van der Waals surface area contributed by atoms with E-state index >= 15 is 0 Å². The first kappa shape index (κ1) is 24.4. The smallest absolute Gasteiger partial charge is 0.227 e. The molecular formula is C30H34N8. The number of rotatable bonds is 7. The first-order valence-corrected chi connectivity index (χ1v) is 13.7. The van der Waals surface area contributed by atoms with Gasteiger partial charge < -0.3 is 15.1 Å². The van der Waals surface area contributed by atoms with Crippen molar-refractivity contribution in [1.82, 2.24) is 24.6 Å². The molecule has 1 aliphatic heterocycles. The van der Waals surface area contributed by atoms with Crippen molar-refractivity contribution in [1.29, 1.82) is 5.26 Å². The predicted molar refractivity (Wildman–Crippen MR) is 151 cm³/mol. The Bertz CT molecular complexity index is 1420. The second kappa shape index (κ2) is 10.8. The lowest BCUT2D eigenvalue weighted by molar-refractivity contribution is 0.313. The summed E-state index contributed by atoms with van der Waals surface area (Å²) in [5.74, 6) is 1.09. The maximum atomic E-state index is 9.45. The standard InChI is InChI=1S/C30H34N8/c1-36-15-17-37(18-16-36)26-11-9-25(10-12-26)34-30-32-19-23-7-4-8-27(29(23)35-30)24-20-33-38(21-24)28(13-14-31)22-5-2-3-6-22/h4,7-12,19-22,28H,2-3,5-6,13,15-18H2,1H3,(H,32,34,35). The molecular weight excluding hydrogens is 472 g/mol. The van der Waals surface area contributed by atoms with Crippen LogP contribution < -0.4 is 10.2 Å². The number of likely N-dealkylation sites (N-methyl/N-ethyl adjacent to an activating group) is 1. The molecule has 38 heavy (non-hydrogen) atoms. The Hall–Kier alpha value is -3.96. The molecule has 1 aliphatic carbocycles. The second-order valence-electron chi connectivity index (χ2n) is 10.6. The minimum Gasteiger partial charge on any atom is -0.369 e. The molecule has 2 aliphatic rings. The summed E-state index contributed by atoms with van der Waals surface area (Å²) in [4.78, 5) is 14.3. The summed E-state index contributed by atoms with van der Waals surface area (Å²) in [5.41, 5.74) is 5.12. The number of nitrogens with one attached hydrogen (secondary N) is 1. The van der Waals surface area contributed by atoms with E-state index < -0.39 is 0 Å². The summed E-state index contributed by atoms with van der Waals surface area (Å²) in [6.45, 7) is 4.28. The summed E-state index contributed by atoms with van der Waals surface area (Å²) in [6.07, 6.45) is 11.2. The van der Waals surface area contributed by atoms with Crippen LogP contribution in [-0.4, -0.2) is 57.9 Å². The first-order chi connectivity index (χ1) is 18.7. The van der Waals surface area contributed by atoms with Gasteiger partial charge in [-0.05, 0) is 50.1 Å². The molecule has 2 aromatic heterocycles. The second-order valence-corrected chi connectivity index (χ2v) is 10.6. The van der Waals surface area contributed by atoms with Crippen molar-refractivity contribution in [2.75, 3.05) is 43.4 Å². The lowest BCUT2D eigenvalue weighted by Crippen LogP contribution is -2.44. The van der Waals surface area contributed by atoms with Gasteiger partial charge in [0.2, 0.25) is 5.95 Å². The summed E-state index contributed by atoms with van der Waals surface area (Å²) < 4.78 is 2.01. The van der Waals surface area contributed by atoms with Crippen molar-refractivity contribution in [2.24, 2.45) is 5.92 Å². The Balaban J connectivity index is 1.23. The molecule has 6 rings (SSSR count). The topological polar surface area (TPSA) is 85.9 Å². The SMILES string of the molecule is CN1CCN(c2ccc(Nc3ncc4cccc(-c5cnn(C(CC#N)C6CCCC6)c5)c4n3)cc2)CC1. The number of hydrogen-bond donors (Lipinski definition) is 1. The molecule has 1 atom stereocenters. The van der Waals surface area contributed by atoms with E-state index in [1.165, 1.54) is 31.4 Å². The molecule has 1 saturated carbocycles.